The lowest BCUT2D eigenvalue weighted by Crippen LogP contribution is -2.27. The summed E-state index contributed by atoms with van der Waals surface area (Å²) >= 11 is 0. The monoisotopic (exact) mass is 307 g/mol. The molecule has 9 heteroatoms. The van der Waals surface area contributed by atoms with Gasteiger partial charge in [-0.15, -0.1) is 0 Å². The number of sulfonamides is 1. The van der Waals surface area contributed by atoms with Gasteiger partial charge in [-0.2, -0.15) is 0 Å². The van der Waals surface area contributed by atoms with Crippen LogP contribution in [0, 0.1) is 0 Å². The summed E-state index contributed by atoms with van der Waals surface area (Å²) in [6.45, 7) is -0.0191. The van der Waals surface area contributed by atoms with Gasteiger partial charge >= 0.3 is 5.97 Å². The molecule has 0 saturated carbocycles. The molecule has 0 aliphatic heterocycles. The van der Waals surface area contributed by atoms with Gasteiger partial charge in [0, 0.05) is 29.4 Å². The fourth-order valence-electron chi connectivity index (χ4n) is 1.26. The number of carboxylic acids is 1. The molecule has 0 radical (unpaired) electrons. The molecule has 0 fully saturated rings. The van der Waals surface area contributed by atoms with Gasteiger partial charge in [0.15, 0.2) is 0 Å². The van der Waals surface area contributed by atoms with Gasteiger partial charge in [-0.3, -0.25) is 4.21 Å². The van der Waals surface area contributed by atoms with Gasteiger partial charge in [-0.25, -0.2) is 17.9 Å². The van der Waals surface area contributed by atoms with E-state index in [-0.39, 0.29) is 17.2 Å². The van der Waals surface area contributed by atoms with Crippen molar-refractivity contribution in [1.82, 2.24) is 4.72 Å². The zero-order chi connectivity index (χ0) is 14.6. The van der Waals surface area contributed by atoms with Crippen LogP contribution in [0.1, 0.15) is 10.4 Å². The molecule has 106 valence electrons. The van der Waals surface area contributed by atoms with Gasteiger partial charge < -0.3 is 10.2 Å². The molecule has 0 aliphatic carbocycles. The van der Waals surface area contributed by atoms with E-state index in [9.17, 15) is 22.5 Å². The van der Waals surface area contributed by atoms with Crippen molar-refractivity contribution in [1.29, 1.82) is 0 Å². The number of hydrogen-bond acceptors (Lipinski definition) is 5. The number of aromatic hydroxyl groups is 1. The van der Waals surface area contributed by atoms with Gasteiger partial charge in [-0.1, -0.05) is 0 Å². The molecule has 0 amide bonds. The van der Waals surface area contributed by atoms with Crippen LogP contribution in [0.4, 0.5) is 0 Å². The van der Waals surface area contributed by atoms with Crippen molar-refractivity contribution in [3.05, 3.63) is 23.8 Å². The zero-order valence-electron chi connectivity index (χ0n) is 9.99. The van der Waals surface area contributed by atoms with E-state index in [4.69, 9.17) is 5.11 Å². The second-order valence-electron chi connectivity index (χ2n) is 3.66. The maximum Gasteiger partial charge on any atom is 0.339 e. The molecule has 0 spiro atoms. The number of rotatable bonds is 6. The van der Waals surface area contributed by atoms with Crippen LogP contribution in [-0.4, -0.2) is 47.4 Å². The quantitative estimate of drug-likeness (QED) is 0.666. The Morgan fingerprint density at radius 2 is 2.05 bits per heavy atom. The van der Waals surface area contributed by atoms with Crippen LogP contribution in [0.25, 0.3) is 0 Å². The van der Waals surface area contributed by atoms with Gasteiger partial charge in [0.25, 0.3) is 0 Å². The number of carboxylic acid groups (broad SMARTS) is 1. The van der Waals surface area contributed by atoms with Crippen molar-refractivity contribution in [3.8, 4) is 5.75 Å². The number of carbonyl (C=O) groups is 1. The first-order valence-corrected chi connectivity index (χ1v) is 8.31. The highest BCUT2D eigenvalue weighted by Gasteiger charge is 2.18. The molecule has 1 aromatic carbocycles. The lowest BCUT2D eigenvalue weighted by atomic mass is 10.2. The minimum absolute atomic E-state index is 0.0191. The van der Waals surface area contributed by atoms with Crippen LogP contribution < -0.4 is 4.72 Å². The maximum absolute atomic E-state index is 11.8. The number of benzene rings is 1. The standard InChI is InChI=1S/C10H13NO6S2/c1-18(15)5-4-11-19(16,17)7-2-3-9(12)8(6-7)10(13)14/h2-3,6,11-12H,4-5H2,1H3,(H,13,14). The number of aromatic carboxylic acids is 1. The Morgan fingerprint density at radius 1 is 1.42 bits per heavy atom. The molecule has 1 unspecified atom stereocenters. The summed E-state index contributed by atoms with van der Waals surface area (Å²) < 4.78 is 36.6. The molecule has 0 saturated heterocycles. The number of nitrogens with one attached hydrogen (secondary N) is 1. The minimum atomic E-state index is -3.89. The Morgan fingerprint density at radius 3 is 2.58 bits per heavy atom. The van der Waals surface area contributed by atoms with Crippen LogP contribution in [-0.2, 0) is 20.8 Å². The summed E-state index contributed by atoms with van der Waals surface area (Å²) in [5.41, 5.74) is -0.498. The number of phenols is 1. The van der Waals surface area contributed by atoms with Crippen LogP contribution in [0.5, 0.6) is 5.75 Å². The van der Waals surface area contributed by atoms with E-state index >= 15 is 0 Å². The third-order valence-electron chi connectivity index (χ3n) is 2.19. The lowest BCUT2D eigenvalue weighted by molar-refractivity contribution is 0.0693. The van der Waals surface area contributed by atoms with Crippen LogP contribution >= 0.6 is 0 Å². The van der Waals surface area contributed by atoms with Crippen LogP contribution in [0.3, 0.4) is 0 Å². The summed E-state index contributed by atoms with van der Waals surface area (Å²) in [5.74, 6) is -1.78. The lowest BCUT2D eigenvalue weighted by Gasteiger charge is -2.07. The summed E-state index contributed by atoms with van der Waals surface area (Å²) in [4.78, 5) is 10.5. The van der Waals surface area contributed by atoms with E-state index in [1.54, 1.807) is 0 Å². The van der Waals surface area contributed by atoms with E-state index < -0.39 is 38.1 Å². The van der Waals surface area contributed by atoms with Crippen LogP contribution in [0.2, 0.25) is 0 Å². The largest absolute Gasteiger partial charge is 0.507 e. The van der Waals surface area contributed by atoms with Gasteiger partial charge in [0.2, 0.25) is 10.0 Å². The average Bonchev–Trinajstić information content (AvgIpc) is 2.27. The van der Waals surface area contributed by atoms with Crippen molar-refractivity contribution < 1.29 is 27.6 Å². The molecule has 7 nitrogen and oxygen atoms in total. The number of hydrogen-bond donors (Lipinski definition) is 3. The maximum atomic E-state index is 11.8. The first-order valence-electron chi connectivity index (χ1n) is 5.10. The molecule has 0 bridgehead atoms. The summed E-state index contributed by atoms with van der Waals surface area (Å²) in [6, 6.07) is 2.95. The Labute approximate surface area is 112 Å². The summed E-state index contributed by atoms with van der Waals surface area (Å²) in [5, 5.41) is 18.1. The molecule has 0 heterocycles. The predicted octanol–water partition coefficient (Wildman–Crippen LogP) is -0.253. The van der Waals surface area contributed by atoms with Crippen molar-refractivity contribution >= 4 is 26.8 Å². The SMILES string of the molecule is CS(=O)CCNS(=O)(=O)c1ccc(O)c(C(=O)O)c1. The highest BCUT2D eigenvalue weighted by Crippen LogP contribution is 2.21. The topological polar surface area (TPSA) is 121 Å². The van der Waals surface area contributed by atoms with Crippen molar-refractivity contribution in [2.45, 2.75) is 4.90 Å². The van der Waals surface area contributed by atoms with E-state index in [0.29, 0.717) is 0 Å². The normalized spacial score (nSPS) is 13.1. The second kappa shape index (κ2) is 6.13. The first kappa shape index (κ1) is 15.6. The second-order valence-corrected chi connectivity index (χ2v) is 6.98. The molecule has 3 N–H and O–H groups in total. The van der Waals surface area contributed by atoms with E-state index in [1.807, 2.05) is 0 Å². The van der Waals surface area contributed by atoms with Crippen molar-refractivity contribution in [2.75, 3.05) is 18.6 Å². The Balaban J connectivity index is 2.99. The molecule has 19 heavy (non-hydrogen) atoms. The van der Waals surface area contributed by atoms with Gasteiger partial charge in [0.05, 0.1) is 4.90 Å². The molecule has 1 aromatic rings. The fourth-order valence-corrected chi connectivity index (χ4v) is 2.83. The Bertz CT molecular complexity index is 610. The molecular formula is C10H13NO6S2. The van der Waals surface area contributed by atoms with Crippen LogP contribution in [0.15, 0.2) is 23.1 Å². The van der Waals surface area contributed by atoms with Crippen molar-refractivity contribution in [2.24, 2.45) is 0 Å². The summed E-state index contributed by atoms with van der Waals surface area (Å²) in [6.07, 6.45) is 1.44. The molecule has 0 aromatic heterocycles. The third kappa shape index (κ3) is 4.30. The smallest absolute Gasteiger partial charge is 0.339 e. The Kier molecular flexibility index (Phi) is 5.04. The average molecular weight is 307 g/mol. The Hall–Kier alpha value is -1.45. The predicted molar refractivity (Wildman–Crippen MR) is 69.2 cm³/mol. The van der Waals surface area contributed by atoms with E-state index in [2.05, 4.69) is 4.72 Å². The first-order chi connectivity index (χ1) is 8.74. The van der Waals surface area contributed by atoms with E-state index in [1.165, 1.54) is 6.26 Å². The molecular weight excluding hydrogens is 294 g/mol. The van der Waals surface area contributed by atoms with Gasteiger partial charge in [0.1, 0.15) is 11.3 Å². The molecule has 0 aliphatic rings. The zero-order valence-corrected chi connectivity index (χ0v) is 11.6. The third-order valence-corrected chi connectivity index (χ3v) is 4.43. The highest BCUT2D eigenvalue weighted by molar-refractivity contribution is 7.89. The molecule has 1 atom stereocenters. The minimum Gasteiger partial charge on any atom is -0.507 e. The van der Waals surface area contributed by atoms with E-state index in [0.717, 1.165) is 18.2 Å². The van der Waals surface area contributed by atoms with Crippen molar-refractivity contribution in [3.63, 3.8) is 0 Å². The van der Waals surface area contributed by atoms with Gasteiger partial charge in [-0.05, 0) is 18.2 Å². The highest BCUT2D eigenvalue weighted by atomic mass is 32.2. The molecule has 1 rings (SSSR count). The summed E-state index contributed by atoms with van der Waals surface area (Å²) in [7, 11) is -5.02. The fraction of sp³-hybridized carbons (Fsp3) is 0.300.